The molecule has 0 bridgehead atoms. The van der Waals surface area contributed by atoms with E-state index in [4.69, 9.17) is 0 Å². The third-order valence-corrected chi connectivity index (χ3v) is 8.60. The number of allylic oxidation sites excluding steroid dienone is 1. The molecule has 0 amide bonds. The van der Waals surface area contributed by atoms with Gasteiger partial charge in [-0.25, -0.2) is 0 Å². The number of hydrogen-bond donors (Lipinski definition) is 5. The van der Waals surface area contributed by atoms with Crippen molar-refractivity contribution in [3.8, 4) is 0 Å². The molecule has 0 aromatic rings. The van der Waals surface area contributed by atoms with Crippen molar-refractivity contribution >= 4 is 5.97 Å². The normalized spacial score (nSPS) is 30.5. The van der Waals surface area contributed by atoms with Crippen molar-refractivity contribution in [2.24, 2.45) is 5.92 Å². The van der Waals surface area contributed by atoms with Crippen LogP contribution in [0.4, 0.5) is 0 Å². The summed E-state index contributed by atoms with van der Waals surface area (Å²) in [7, 11) is 0. The summed E-state index contributed by atoms with van der Waals surface area (Å²) in [5.41, 5.74) is -1.21. The first kappa shape index (κ1) is 27.4. The SMILES string of the molecule is C[C@H]1[C@H](O)CC[C@H]2C[C@H](CCCCCCC[C@](O)(CNC3(C)CCNCC3)CC(=O)O)C=CN21. The Morgan fingerprint density at radius 2 is 1.88 bits per heavy atom. The molecule has 3 aliphatic heterocycles. The molecule has 5 N–H and O–H groups in total. The number of aliphatic hydroxyl groups is 2. The molecule has 2 saturated heterocycles. The van der Waals surface area contributed by atoms with E-state index in [1.807, 2.05) is 0 Å². The lowest BCUT2D eigenvalue weighted by molar-refractivity contribution is -0.143. The molecule has 0 saturated carbocycles. The van der Waals surface area contributed by atoms with E-state index < -0.39 is 11.6 Å². The monoisotopic (exact) mass is 479 g/mol. The Bertz CT molecular complexity index is 666. The highest BCUT2D eigenvalue weighted by Crippen LogP contribution is 2.33. The van der Waals surface area contributed by atoms with E-state index >= 15 is 0 Å². The first-order valence-corrected chi connectivity index (χ1v) is 13.7. The third-order valence-electron chi connectivity index (χ3n) is 8.60. The van der Waals surface area contributed by atoms with Gasteiger partial charge >= 0.3 is 5.97 Å². The van der Waals surface area contributed by atoms with Crippen LogP contribution in [0.3, 0.4) is 0 Å². The molecular weight excluding hydrogens is 430 g/mol. The zero-order valence-corrected chi connectivity index (χ0v) is 21.5. The quantitative estimate of drug-likeness (QED) is 0.258. The van der Waals surface area contributed by atoms with Gasteiger partial charge in [-0.3, -0.25) is 4.79 Å². The van der Waals surface area contributed by atoms with Crippen LogP contribution in [0.15, 0.2) is 12.3 Å². The number of carboxylic acid groups (broad SMARTS) is 1. The topological polar surface area (TPSA) is 105 Å². The molecule has 0 aromatic heterocycles. The molecule has 34 heavy (non-hydrogen) atoms. The van der Waals surface area contributed by atoms with Crippen LogP contribution in [0, 0.1) is 5.92 Å². The summed E-state index contributed by atoms with van der Waals surface area (Å²) in [5, 5.41) is 37.3. The number of nitrogens with one attached hydrogen (secondary N) is 2. The van der Waals surface area contributed by atoms with Gasteiger partial charge in [-0.1, -0.05) is 38.2 Å². The first-order valence-electron chi connectivity index (χ1n) is 13.7. The highest BCUT2D eigenvalue weighted by molar-refractivity contribution is 5.68. The minimum Gasteiger partial charge on any atom is -0.481 e. The Balaban J connectivity index is 1.31. The van der Waals surface area contributed by atoms with Crippen LogP contribution in [0.5, 0.6) is 0 Å². The maximum absolute atomic E-state index is 11.4. The number of fused-ring (bicyclic) bond motifs is 1. The van der Waals surface area contributed by atoms with Crippen LogP contribution in [0.1, 0.15) is 97.3 Å². The maximum atomic E-state index is 11.4. The molecule has 2 fully saturated rings. The van der Waals surface area contributed by atoms with Gasteiger partial charge in [0.05, 0.1) is 24.2 Å². The Morgan fingerprint density at radius 1 is 1.18 bits per heavy atom. The van der Waals surface area contributed by atoms with Crippen LogP contribution in [-0.4, -0.2) is 75.2 Å². The third kappa shape index (κ3) is 8.21. The molecule has 7 heteroatoms. The molecule has 0 unspecified atom stereocenters. The molecule has 0 spiro atoms. The number of aliphatic carboxylic acids is 1. The van der Waals surface area contributed by atoms with Crippen molar-refractivity contribution in [2.45, 2.75) is 127 Å². The summed E-state index contributed by atoms with van der Waals surface area (Å²) in [6.45, 7) is 6.56. The second-order valence-corrected chi connectivity index (χ2v) is 11.6. The number of aliphatic hydroxyl groups excluding tert-OH is 1. The Hall–Kier alpha value is -1.15. The summed E-state index contributed by atoms with van der Waals surface area (Å²) in [6.07, 6.45) is 16.6. The second kappa shape index (κ2) is 12.7. The van der Waals surface area contributed by atoms with Crippen LogP contribution in [0.25, 0.3) is 0 Å². The second-order valence-electron chi connectivity index (χ2n) is 11.6. The first-order chi connectivity index (χ1) is 16.2. The molecule has 0 aromatic carbocycles. The number of nitrogens with zero attached hydrogens (tertiary/aromatic N) is 1. The van der Waals surface area contributed by atoms with Crippen molar-refractivity contribution in [1.82, 2.24) is 15.5 Å². The fourth-order valence-electron chi connectivity index (χ4n) is 6.09. The van der Waals surface area contributed by atoms with Crippen molar-refractivity contribution in [3.05, 3.63) is 12.3 Å². The highest BCUT2D eigenvalue weighted by atomic mass is 16.4. The minimum absolute atomic E-state index is 0.0300. The molecule has 3 heterocycles. The molecule has 0 aliphatic carbocycles. The largest absolute Gasteiger partial charge is 0.481 e. The summed E-state index contributed by atoms with van der Waals surface area (Å²) >= 11 is 0. The van der Waals surface area contributed by atoms with E-state index in [0.717, 1.165) is 58.0 Å². The zero-order chi connectivity index (χ0) is 24.6. The molecule has 196 valence electrons. The Labute approximate surface area is 206 Å². The van der Waals surface area contributed by atoms with Crippen molar-refractivity contribution < 1.29 is 20.1 Å². The van der Waals surface area contributed by atoms with Crippen LogP contribution in [-0.2, 0) is 4.79 Å². The van der Waals surface area contributed by atoms with Crippen molar-refractivity contribution in [3.63, 3.8) is 0 Å². The van der Waals surface area contributed by atoms with E-state index in [9.17, 15) is 20.1 Å². The number of hydrogen-bond acceptors (Lipinski definition) is 6. The summed E-state index contributed by atoms with van der Waals surface area (Å²) in [5.74, 6) is -0.285. The van der Waals surface area contributed by atoms with Crippen molar-refractivity contribution in [1.29, 1.82) is 0 Å². The summed E-state index contributed by atoms with van der Waals surface area (Å²) < 4.78 is 0. The average Bonchev–Trinajstić information content (AvgIpc) is 2.80. The lowest BCUT2D eigenvalue weighted by atomic mass is 9.83. The lowest BCUT2D eigenvalue weighted by Gasteiger charge is -2.46. The van der Waals surface area contributed by atoms with Gasteiger partial charge in [0.15, 0.2) is 0 Å². The van der Waals surface area contributed by atoms with Gasteiger partial charge < -0.3 is 30.9 Å². The van der Waals surface area contributed by atoms with Gasteiger partial charge in [0.1, 0.15) is 0 Å². The maximum Gasteiger partial charge on any atom is 0.306 e. The van der Waals surface area contributed by atoms with Crippen LogP contribution < -0.4 is 10.6 Å². The van der Waals surface area contributed by atoms with E-state index in [1.54, 1.807) is 0 Å². The number of β-amino-alcohol motifs (C(OH)–C–C–N with tert-alkyl or cyclic N) is 1. The van der Waals surface area contributed by atoms with E-state index in [0.29, 0.717) is 24.9 Å². The molecule has 3 rings (SSSR count). The summed E-state index contributed by atoms with van der Waals surface area (Å²) in [4.78, 5) is 13.7. The van der Waals surface area contributed by atoms with Gasteiger partial charge in [-0.15, -0.1) is 0 Å². The fraction of sp³-hybridized carbons (Fsp3) is 0.889. The Kier molecular flexibility index (Phi) is 10.3. The number of piperidine rings is 2. The molecule has 5 atom stereocenters. The van der Waals surface area contributed by atoms with Gasteiger partial charge in [0.25, 0.3) is 0 Å². The summed E-state index contributed by atoms with van der Waals surface area (Å²) in [6, 6.07) is 0.814. The van der Waals surface area contributed by atoms with Gasteiger partial charge in [-0.2, -0.15) is 0 Å². The molecule has 0 radical (unpaired) electrons. The predicted molar refractivity (Wildman–Crippen MR) is 136 cm³/mol. The van der Waals surface area contributed by atoms with Gasteiger partial charge in [0.2, 0.25) is 0 Å². The standard InChI is InChI=1S/C27H49N3O4/c1-21-24(31)10-9-23-18-22(11-17-30(21)23)8-6-4-3-5-7-12-27(34,19-25(32)33)20-29-26(2)13-15-28-16-14-26/h11,17,21-24,28-29,31,34H,3-10,12-16,18-20H2,1-2H3,(H,32,33)/t21-,22+,23-,24+,27+/m0/s1. The van der Waals surface area contributed by atoms with Gasteiger partial charge in [0, 0.05) is 18.1 Å². The van der Waals surface area contributed by atoms with Gasteiger partial charge in [-0.05, 0) is 84.0 Å². The smallest absolute Gasteiger partial charge is 0.306 e. The average molecular weight is 480 g/mol. The minimum atomic E-state index is -1.18. The molecule has 7 nitrogen and oxygen atoms in total. The highest BCUT2D eigenvalue weighted by Gasteiger charge is 2.35. The van der Waals surface area contributed by atoms with E-state index in [-0.39, 0.29) is 24.1 Å². The van der Waals surface area contributed by atoms with Crippen molar-refractivity contribution in [2.75, 3.05) is 19.6 Å². The van der Waals surface area contributed by atoms with E-state index in [1.165, 1.54) is 25.7 Å². The van der Waals surface area contributed by atoms with Crippen LogP contribution >= 0.6 is 0 Å². The number of carboxylic acids is 1. The molecular formula is C27H49N3O4. The number of unbranched alkanes of at least 4 members (excludes halogenated alkanes) is 4. The van der Waals surface area contributed by atoms with E-state index in [2.05, 4.69) is 41.7 Å². The predicted octanol–water partition coefficient (Wildman–Crippen LogP) is 3.40. The Morgan fingerprint density at radius 3 is 2.62 bits per heavy atom. The number of rotatable bonds is 13. The number of carbonyl (C=O) groups is 1. The molecule has 3 aliphatic rings. The fourth-order valence-corrected chi connectivity index (χ4v) is 6.09. The lowest BCUT2D eigenvalue weighted by Crippen LogP contribution is -2.55. The van der Waals surface area contributed by atoms with Crippen LogP contribution in [0.2, 0.25) is 0 Å². The zero-order valence-electron chi connectivity index (χ0n) is 21.5.